The van der Waals surface area contributed by atoms with E-state index in [0.29, 0.717) is 0 Å². The molecule has 0 saturated carbocycles. The van der Waals surface area contributed by atoms with E-state index in [-0.39, 0.29) is 11.8 Å². The van der Waals surface area contributed by atoms with Crippen LogP contribution < -0.4 is 10.1 Å². The lowest BCUT2D eigenvalue weighted by molar-refractivity contribution is -0.0498. The van der Waals surface area contributed by atoms with Gasteiger partial charge in [0, 0.05) is 18.4 Å². The molecule has 1 heterocycles. The standard InChI is InChI=1S/C16H18F2N2O/c1-12(20-11-8-13-6-9-19-10-7-13)14-2-4-15(5-3-14)21-16(17)18/h2-7,9-10,12,16,20H,8,11H2,1H3. The monoisotopic (exact) mass is 292 g/mol. The van der Waals surface area contributed by atoms with Crippen molar-refractivity contribution in [2.24, 2.45) is 0 Å². The van der Waals surface area contributed by atoms with Crippen molar-refractivity contribution in [2.75, 3.05) is 6.54 Å². The van der Waals surface area contributed by atoms with Crippen LogP contribution >= 0.6 is 0 Å². The van der Waals surface area contributed by atoms with Crippen LogP contribution in [0, 0.1) is 0 Å². The Morgan fingerprint density at radius 2 is 1.76 bits per heavy atom. The zero-order valence-corrected chi connectivity index (χ0v) is 11.8. The van der Waals surface area contributed by atoms with Gasteiger partial charge in [0.15, 0.2) is 0 Å². The molecule has 2 aromatic rings. The molecule has 1 aromatic carbocycles. The zero-order valence-electron chi connectivity index (χ0n) is 11.8. The quantitative estimate of drug-likeness (QED) is 0.847. The van der Waals surface area contributed by atoms with Crippen molar-refractivity contribution in [1.29, 1.82) is 0 Å². The van der Waals surface area contributed by atoms with Gasteiger partial charge in [-0.25, -0.2) is 0 Å². The first kappa shape index (κ1) is 15.4. The maximum Gasteiger partial charge on any atom is 0.387 e. The number of rotatable bonds is 7. The van der Waals surface area contributed by atoms with E-state index in [1.165, 1.54) is 5.56 Å². The molecule has 0 fully saturated rings. The van der Waals surface area contributed by atoms with E-state index in [0.717, 1.165) is 18.5 Å². The van der Waals surface area contributed by atoms with Crippen molar-refractivity contribution in [3.05, 3.63) is 59.9 Å². The number of aromatic nitrogens is 1. The van der Waals surface area contributed by atoms with E-state index in [1.807, 2.05) is 19.1 Å². The minimum absolute atomic E-state index is 0.146. The van der Waals surface area contributed by atoms with Crippen LogP contribution in [-0.4, -0.2) is 18.1 Å². The zero-order chi connectivity index (χ0) is 15.1. The number of pyridine rings is 1. The SMILES string of the molecule is CC(NCCc1ccncc1)c1ccc(OC(F)F)cc1. The minimum Gasteiger partial charge on any atom is -0.435 e. The molecule has 0 spiro atoms. The van der Waals surface area contributed by atoms with E-state index in [9.17, 15) is 8.78 Å². The van der Waals surface area contributed by atoms with Crippen LogP contribution in [0.3, 0.4) is 0 Å². The van der Waals surface area contributed by atoms with Crippen LogP contribution in [-0.2, 0) is 6.42 Å². The van der Waals surface area contributed by atoms with Gasteiger partial charge in [0.05, 0.1) is 0 Å². The van der Waals surface area contributed by atoms with Gasteiger partial charge in [-0.2, -0.15) is 8.78 Å². The average Bonchev–Trinajstić information content (AvgIpc) is 2.48. The van der Waals surface area contributed by atoms with Gasteiger partial charge in [-0.05, 0) is 55.3 Å². The fourth-order valence-electron chi connectivity index (χ4n) is 2.04. The van der Waals surface area contributed by atoms with Crippen LogP contribution in [0.4, 0.5) is 8.78 Å². The number of benzene rings is 1. The fraction of sp³-hybridized carbons (Fsp3) is 0.312. The number of nitrogens with zero attached hydrogens (tertiary/aromatic N) is 1. The molecule has 3 nitrogen and oxygen atoms in total. The molecule has 2 rings (SSSR count). The highest BCUT2D eigenvalue weighted by molar-refractivity contribution is 5.29. The summed E-state index contributed by atoms with van der Waals surface area (Å²) in [5.41, 5.74) is 2.26. The van der Waals surface area contributed by atoms with Crippen molar-refractivity contribution < 1.29 is 13.5 Å². The van der Waals surface area contributed by atoms with E-state index in [4.69, 9.17) is 0 Å². The smallest absolute Gasteiger partial charge is 0.387 e. The number of hydrogen-bond acceptors (Lipinski definition) is 3. The largest absolute Gasteiger partial charge is 0.435 e. The Bertz CT molecular complexity index is 532. The topological polar surface area (TPSA) is 34.2 Å². The molecule has 0 saturated heterocycles. The van der Waals surface area contributed by atoms with Crippen LogP contribution in [0.5, 0.6) is 5.75 Å². The summed E-state index contributed by atoms with van der Waals surface area (Å²) in [5, 5.41) is 3.40. The first-order valence-corrected chi connectivity index (χ1v) is 6.82. The first-order valence-electron chi connectivity index (χ1n) is 6.82. The van der Waals surface area contributed by atoms with E-state index in [2.05, 4.69) is 15.0 Å². The van der Waals surface area contributed by atoms with Gasteiger partial charge in [0.2, 0.25) is 0 Å². The van der Waals surface area contributed by atoms with Gasteiger partial charge in [-0.15, -0.1) is 0 Å². The molecule has 112 valence electrons. The Hall–Kier alpha value is -2.01. The lowest BCUT2D eigenvalue weighted by Crippen LogP contribution is -2.21. The average molecular weight is 292 g/mol. The normalized spacial score (nSPS) is 12.4. The molecule has 0 aliphatic rings. The van der Waals surface area contributed by atoms with E-state index >= 15 is 0 Å². The summed E-state index contributed by atoms with van der Waals surface area (Å²) in [6.45, 7) is 0.0856. The molecule has 0 amide bonds. The molecular formula is C16H18F2N2O. The molecule has 1 N–H and O–H groups in total. The molecule has 5 heteroatoms. The highest BCUT2D eigenvalue weighted by Gasteiger charge is 2.07. The fourth-order valence-corrected chi connectivity index (χ4v) is 2.04. The summed E-state index contributed by atoms with van der Waals surface area (Å²) in [6.07, 6.45) is 4.47. The Morgan fingerprint density at radius 3 is 2.38 bits per heavy atom. The molecule has 0 bridgehead atoms. The Balaban J connectivity index is 1.81. The van der Waals surface area contributed by atoms with Gasteiger partial charge in [0.25, 0.3) is 0 Å². The summed E-state index contributed by atoms with van der Waals surface area (Å²) in [4.78, 5) is 3.98. The third kappa shape index (κ3) is 5.11. The summed E-state index contributed by atoms with van der Waals surface area (Å²) in [6, 6.07) is 10.8. The van der Waals surface area contributed by atoms with Crippen LogP contribution in [0.1, 0.15) is 24.1 Å². The van der Waals surface area contributed by atoms with Crippen LogP contribution in [0.2, 0.25) is 0 Å². The number of ether oxygens (including phenoxy) is 1. The molecule has 1 unspecified atom stereocenters. The van der Waals surface area contributed by atoms with Gasteiger partial charge < -0.3 is 10.1 Å². The lowest BCUT2D eigenvalue weighted by atomic mass is 10.1. The Kier molecular flexibility index (Phi) is 5.63. The summed E-state index contributed by atoms with van der Waals surface area (Å²) >= 11 is 0. The number of alkyl halides is 2. The first-order chi connectivity index (χ1) is 10.1. The minimum atomic E-state index is -2.79. The number of hydrogen-bond donors (Lipinski definition) is 1. The molecule has 1 aromatic heterocycles. The number of nitrogens with one attached hydrogen (secondary N) is 1. The second-order valence-corrected chi connectivity index (χ2v) is 4.73. The predicted molar refractivity (Wildman–Crippen MR) is 77.4 cm³/mol. The summed E-state index contributed by atoms with van der Waals surface area (Å²) < 4.78 is 28.5. The van der Waals surface area contributed by atoms with Crippen molar-refractivity contribution in [3.8, 4) is 5.75 Å². The summed E-state index contributed by atoms with van der Waals surface area (Å²) in [5.74, 6) is 0.178. The van der Waals surface area contributed by atoms with Crippen molar-refractivity contribution >= 4 is 0 Å². The third-order valence-electron chi connectivity index (χ3n) is 3.22. The molecule has 0 aliphatic heterocycles. The van der Waals surface area contributed by atoms with Crippen LogP contribution in [0.25, 0.3) is 0 Å². The maximum atomic E-state index is 12.1. The second-order valence-electron chi connectivity index (χ2n) is 4.73. The highest BCUT2D eigenvalue weighted by Crippen LogP contribution is 2.19. The Morgan fingerprint density at radius 1 is 1.10 bits per heavy atom. The highest BCUT2D eigenvalue weighted by atomic mass is 19.3. The van der Waals surface area contributed by atoms with Gasteiger partial charge in [-0.3, -0.25) is 4.98 Å². The number of halogens is 2. The van der Waals surface area contributed by atoms with Crippen molar-refractivity contribution in [1.82, 2.24) is 10.3 Å². The Labute approximate surface area is 123 Å². The molecule has 0 aliphatic carbocycles. The van der Waals surface area contributed by atoms with Gasteiger partial charge in [-0.1, -0.05) is 12.1 Å². The summed E-state index contributed by atoms with van der Waals surface area (Å²) in [7, 11) is 0. The molecular weight excluding hydrogens is 274 g/mol. The molecule has 0 radical (unpaired) electrons. The van der Waals surface area contributed by atoms with Gasteiger partial charge in [0.1, 0.15) is 5.75 Å². The second kappa shape index (κ2) is 7.69. The molecule has 21 heavy (non-hydrogen) atoms. The molecule has 1 atom stereocenters. The van der Waals surface area contributed by atoms with Crippen molar-refractivity contribution in [3.63, 3.8) is 0 Å². The van der Waals surface area contributed by atoms with E-state index in [1.54, 1.807) is 36.7 Å². The van der Waals surface area contributed by atoms with E-state index < -0.39 is 6.61 Å². The predicted octanol–water partition coefficient (Wildman–Crippen LogP) is 3.58. The van der Waals surface area contributed by atoms with Gasteiger partial charge >= 0.3 is 6.61 Å². The lowest BCUT2D eigenvalue weighted by Gasteiger charge is -2.15. The van der Waals surface area contributed by atoms with Crippen LogP contribution in [0.15, 0.2) is 48.8 Å². The third-order valence-corrected chi connectivity index (χ3v) is 3.22. The van der Waals surface area contributed by atoms with Crippen molar-refractivity contribution in [2.45, 2.75) is 26.0 Å². The maximum absolute atomic E-state index is 12.1.